The topological polar surface area (TPSA) is 99.2 Å². The number of amides is 1. The third-order valence-electron chi connectivity index (χ3n) is 5.91. The summed E-state index contributed by atoms with van der Waals surface area (Å²) in [5, 5.41) is 7.80. The SMILES string of the molecule is COc1cccc(C(C)NC(=O)Cn2c(=O)cc(-c3nc(C4CC4)no3)c3ccccc32)c1. The highest BCUT2D eigenvalue weighted by Crippen LogP contribution is 2.39. The third kappa shape index (κ3) is 4.24. The fourth-order valence-corrected chi connectivity index (χ4v) is 3.95. The number of nitrogens with zero attached hydrogens (tertiary/aromatic N) is 3. The molecule has 0 saturated heterocycles. The van der Waals surface area contributed by atoms with E-state index in [-0.39, 0.29) is 24.1 Å². The van der Waals surface area contributed by atoms with Gasteiger partial charge in [0.2, 0.25) is 5.91 Å². The summed E-state index contributed by atoms with van der Waals surface area (Å²) < 4.78 is 12.2. The number of methoxy groups -OCH3 is 1. The summed E-state index contributed by atoms with van der Waals surface area (Å²) in [6, 6.07) is 16.2. The van der Waals surface area contributed by atoms with Crippen LogP contribution in [0.2, 0.25) is 0 Å². The molecule has 33 heavy (non-hydrogen) atoms. The summed E-state index contributed by atoms with van der Waals surface area (Å²) >= 11 is 0. The van der Waals surface area contributed by atoms with Gasteiger partial charge in [-0.25, -0.2) is 0 Å². The van der Waals surface area contributed by atoms with Crippen LogP contribution in [-0.4, -0.2) is 27.7 Å². The number of pyridine rings is 1. The van der Waals surface area contributed by atoms with Crippen molar-refractivity contribution < 1.29 is 14.1 Å². The zero-order valence-corrected chi connectivity index (χ0v) is 18.4. The maximum Gasteiger partial charge on any atom is 0.258 e. The Morgan fingerprint density at radius 3 is 2.82 bits per heavy atom. The molecule has 1 N–H and O–H groups in total. The van der Waals surface area contributed by atoms with Crippen LogP contribution in [-0.2, 0) is 11.3 Å². The van der Waals surface area contributed by atoms with Gasteiger partial charge in [-0.3, -0.25) is 14.2 Å². The minimum absolute atomic E-state index is 0.106. The lowest BCUT2D eigenvalue weighted by Crippen LogP contribution is -2.34. The molecular weight excluding hydrogens is 420 g/mol. The highest BCUT2D eigenvalue weighted by Gasteiger charge is 2.29. The number of para-hydroxylation sites is 1. The molecule has 1 fully saturated rings. The van der Waals surface area contributed by atoms with E-state index in [0.717, 1.165) is 29.5 Å². The van der Waals surface area contributed by atoms with Gasteiger partial charge in [0.1, 0.15) is 12.3 Å². The van der Waals surface area contributed by atoms with Gasteiger partial charge in [-0.05, 0) is 43.5 Å². The maximum atomic E-state index is 13.0. The number of hydrogen-bond donors (Lipinski definition) is 1. The van der Waals surface area contributed by atoms with E-state index in [0.29, 0.717) is 28.7 Å². The molecule has 168 valence electrons. The Balaban J connectivity index is 1.43. The van der Waals surface area contributed by atoms with Crippen molar-refractivity contribution in [1.82, 2.24) is 20.0 Å². The molecule has 1 aliphatic carbocycles. The van der Waals surface area contributed by atoms with Gasteiger partial charge < -0.3 is 14.6 Å². The number of fused-ring (bicyclic) bond motifs is 1. The molecule has 2 heterocycles. The zero-order valence-electron chi connectivity index (χ0n) is 18.4. The smallest absolute Gasteiger partial charge is 0.258 e. The first-order valence-electron chi connectivity index (χ1n) is 10.9. The second kappa shape index (κ2) is 8.54. The average Bonchev–Trinajstić information content (AvgIpc) is 3.57. The largest absolute Gasteiger partial charge is 0.497 e. The molecule has 4 aromatic rings. The number of nitrogens with one attached hydrogen (secondary N) is 1. The molecule has 1 saturated carbocycles. The first-order chi connectivity index (χ1) is 16.0. The number of rotatable bonds is 7. The van der Waals surface area contributed by atoms with E-state index in [1.54, 1.807) is 7.11 Å². The summed E-state index contributed by atoms with van der Waals surface area (Å²) in [4.78, 5) is 30.4. The molecule has 8 heteroatoms. The Labute approximate surface area is 190 Å². The van der Waals surface area contributed by atoms with E-state index in [1.807, 2.05) is 55.5 Å². The van der Waals surface area contributed by atoms with Crippen LogP contribution in [0.15, 0.2) is 63.9 Å². The van der Waals surface area contributed by atoms with Crippen molar-refractivity contribution >= 4 is 16.8 Å². The minimum atomic E-state index is -0.306. The number of hydrogen-bond acceptors (Lipinski definition) is 6. The molecule has 2 aromatic carbocycles. The number of aromatic nitrogens is 3. The molecule has 2 aromatic heterocycles. The molecule has 0 aliphatic heterocycles. The standard InChI is InChI=1S/C25H24N4O4/c1-15(17-6-5-7-18(12-17)32-2)26-22(30)14-29-21-9-4-3-8-19(21)20(13-23(29)31)25-27-24(28-33-25)16-10-11-16/h3-9,12-13,15-16H,10-11,14H2,1-2H3,(H,26,30). The van der Waals surface area contributed by atoms with Gasteiger partial charge in [0.05, 0.1) is 24.2 Å². The van der Waals surface area contributed by atoms with Gasteiger partial charge in [-0.15, -0.1) is 0 Å². The van der Waals surface area contributed by atoms with Crippen molar-refractivity contribution in [1.29, 1.82) is 0 Å². The van der Waals surface area contributed by atoms with Crippen molar-refractivity contribution in [3.05, 3.63) is 76.3 Å². The number of carbonyl (C=O) groups excluding carboxylic acids is 1. The molecular formula is C25H24N4O4. The lowest BCUT2D eigenvalue weighted by molar-refractivity contribution is -0.122. The average molecular weight is 444 g/mol. The van der Waals surface area contributed by atoms with E-state index >= 15 is 0 Å². The Kier molecular flexibility index (Phi) is 5.42. The van der Waals surface area contributed by atoms with Crippen LogP contribution in [0.3, 0.4) is 0 Å². The zero-order chi connectivity index (χ0) is 22.9. The van der Waals surface area contributed by atoms with Gasteiger partial charge in [0, 0.05) is 17.4 Å². The van der Waals surface area contributed by atoms with Crippen LogP contribution in [0.5, 0.6) is 5.75 Å². The second-order valence-electron chi connectivity index (χ2n) is 8.30. The summed E-state index contributed by atoms with van der Waals surface area (Å²) in [6.07, 6.45) is 2.12. The second-order valence-corrected chi connectivity index (χ2v) is 8.30. The van der Waals surface area contributed by atoms with Crippen molar-refractivity contribution in [3.8, 4) is 17.2 Å². The van der Waals surface area contributed by atoms with Crippen molar-refractivity contribution in [2.45, 2.75) is 38.3 Å². The molecule has 1 aliphatic rings. The Hall–Kier alpha value is -3.94. The summed E-state index contributed by atoms with van der Waals surface area (Å²) in [6.45, 7) is 1.79. The normalized spacial score (nSPS) is 14.2. The van der Waals surface area contributed by atoms with Gasteiger partial charge in [0.15, 0.2) is 5.82 Å². The first-order valence-corrected chi connectivity index (χ1v) is 10.9. The summed E-state index contributed by atoms with van der Waals surface area (Å²) in [5.41, 5.74) is 1.82. The van der Waals surface area contributed by atoms with Crippen LogP contribution >= 0.6 is 0 Å². The van der Waals surface area contributed by atoms with Crippen molar-refractivity contribution in [2.24, 2.45) is 0 Å². The maximum absolute atomic E-state index is 13.0. The minimum Gasteiger partial charge on any atom is -0.497 e. The molecule has 0 radical (unpaired) electrons. The predicted octanol–water partition coefficient (Wildman–Crippen LogP) is 3.81. The van der Waals surface area contributed by atoms with Gasteiger partial charge in [0.25, 0.3) is 11.4 Å². The molecule has 5 rings (SSSR count). The van der Waals surface area contributed by atoms with Crippen LogP contribution in [0.1, 0.15) is 43.1 Å². The Bertz CT molecular complexity index is 1390. The fraction of sp³-hybridized carbons (Fsp3) is 0.280. The molecule has 1 unspecified atom stereocenters. The Morgan fingerprint density at radius 1 is 1.21 bits per heavy atom. The summed E-state index contributed by atoms with van der Waals surface area (Å²) in [5.74, 6) is 1.82. The molecule has 0 spiro atoms. The lowest BCUT2D eigenvalue weighted by atomic mass is 10.1. The molecule has 1 atom stereocenters. The lowest BCUT2D eigenvalue weighted by Gasteiger charge is -2.17. The quantitative estimate of drug-likeness (QED) is 0.465. The van der Waals surface area contributed by atoms with Crippen LogP contribution in [0.4, 0.5) is 0 Å². The van der Waals surface area contributed by atoms with E-state index in [1.165, 1.54) is 10.6 Å². The fourth-order valence-electron chi connectivity index (χ4n) is 3.95. The van der Waals surface area contributed by atoms with Crippen molar-refractivity contribution in [2.75, 3.05) is 7.11 Å². The Morgan fingerprint density at radius 2 is 2.03 bits per heavy atom. The van der Waals surface area contributed by atoms with Crippen LogP contribution in [0, 0.1) is 0 Å². The molecule has 0 bridgehead atoms. The third-order valence-corrected chi connectivity index (χ3v) is 5.91. The first kappa shape index (κ1) is 20.9. The van der Waals surface area contributed by atoms with E-state index < -0.39 is 0 Å². The van der Waals surface area contributed by atoms with Crippen LogP contribution < -0.4 is 15.6 Å². The number of carbonyl (C=O) groups is 1. The highest BCUT2D eigenvalue weighted by atomic mass is 16.5. The van der Waals surface area contributed by atoms with Gasteiger partial charge in [-0.1, -0.05) is 35.5 Å². The van der Waals surface area contributed by atoms with E-state index in [9.17, 15) is 9.59 Å². The van der Waals surface area contributed by atoms with Gasteiger partial charge >= 0.3 is 0 Å². The molecule has 8 nitrogen and oxygen atoms in total. The monoisotopic (exact) mass is 444 g/mol. The van der Waals surface area contributed by atoms with Gasteiger partial charge in [-0.2, -0.15) is 4.98 Å². The van der Waals surface area contributed by atoms with Crippen molar-refractivity contribution in [3.63, 3.8) is 0 Å². The van der Waals surface area contributed by atoms with Crippen LogP contribution in [0.25, 0.3) is 22.4 Å². The van der Waals surface area contributed by atoms with E-state index in [4.69, 9.17) is 9.26 Å². The highest BCUT2D eigenvalue weighted by molar-refractivity contribution is 5.93. The number of benzene rings is 2. The van der Waals surface area contributed by atoms with E-state index in [2.05, 4.69) is 15.5 Å². The predicted molar refractivity (Wildman–Crippen MR) is 123 cm³/mol. The number of ether oxygens (including phenoxy) is 1. The molecule has 1 amide bonds. The summed E-state index contributed by atoms with van der Waals surface area (Å²) in [7, 11) is 1.60.